The number of methoxy groups -OCH3 is 1. The van der Waals surface area contributed by atoms with Crippen LogP contribution in [0.2, 0.25) is 0 Å². The number of hydrogen-bond donors (Lipinski definition) is 1. The molecule has 1 heterocycles. The predicted molar refractivity (Wildman–Crippen MR) is 81.2 cm³/mol. The average Bonchev–Trinajstić information content (AvgIpc) is 2.54. The minimum atomic E-state index is 0.151. The number of ether oxygens (including phenoxy) is 4. The number of benzene rings is 1. The van der Waals surface area contributed by atoms with Gasteiger partial charge in [0.05, 0.1) is 25.9 Å². The van der Waals surface area contributed by atoms with Crippen molar-refractivity contribution in [2.75, 3.05) is 46.7 Å². The van der Waals surface area contributed by atoms with Crippen molar-refractivity contribution in [1.29, 1.82) is 0 Å². The van der Waals surface area contributed by atoms with Gasteiger partial charge in [0, 0.05) is 7.11 Å². The van der Waals surface area contributed by atoms with Gasteiger partial charge in [-0.3, -0.25) is 0 Å². The van der Waals surface area contributed by atoms with Crippen LogP contribution in [0.25, 0.3) is 0 Å². The standard InChI is InChI=1S/C16H25NO4/c1-3-6-17-14(12-19-8-7-18-2)13-4-5-15-16(11-13)21-10-9-20-15/h4-5,11,14,17H,3,6-10,12H2,1-2H3. The minimum absolute atomic E-state index is 0.151. The molecule has 1 aliphatic heterocycles. The van der Waals surface area contributed by atoms with E-state index in [1.165, 1.54) is 0 Å². The maximum Gasteiger partial charge on any atom is 0.161 e. The molecule has 1 unspecified atom stereocenters. The number of hydrogen-bond acceptors (Lipinski definition) is 5. The van der Waals surface area contributed by atoms with Crippen molar-refractivity contribution in [3.63, 3.8) is 0 Å². The largest absolute Gasteiger partial charge is 0.486 e. The van der Waals surface area contributed by atoms with Crippen LogP contribution in [0.5, 0.6) is 11.5 Å². The lowest BCUT2D eigenvalue weighted by Gasteiger charge is -2.23. The fourth-order valence-electron chi connectivity index (χ4n) is 2.21. The van der Waals surface area contributed by atoms with Crippen LogP contribution in [-0.2, 0) is 9.47 Å². The summed E-state index contributed by atoms with van der Waals surface area (Å²) in [6.07, 6.45) is 1.08. The Morgan fingerprint density at radius 1 is 1.19 bits per heavy atom. The molecular formula is C16H25NO4. The van der Waals surface area contributed by atoms with E-state index in [2.05, 4.69) is 18.3 Å². The molecule has 1 aliphatic rings. The quantitative estimate of drug-likeness (QED) is 0.708. The van der Waals surface area contributed by atoms with E-state index in [1.54, 1.807) is 7.11 Å². The third kappa shape index (κ3) is 4.88. The normalized spacial score (nSPS) is 15.0. The number of fused-ring (bicyclic) bond motifs is 1. The van der Waals surface area contributed by atoms with Crippen molar-refractivity contribution in [1.82, 2.24) is 5.32 Å². The molecule has 0 radical (unpaired) electrons. The Labute approximate surface area is 126 Å². The van der Waals surface area contributed by atoms with Gasteiger partial charge in [-0.15, -0.1) is 0 Å². The summed E-state index contributed by atoms with van der Waals surface area (Å²) in [6.45, 7) is 6.15. The molecule has 0 saturated carbocycles. The van der Waals surface area contributed by atoms with Crippen LogP contribution in [0.15, 0.2) is 18.2 Å². The van der Waals surface area contributed by atoms with Gasteiger partial charge in [0.2, 0.25) is 0 Å². The Morgan fingerprint density at radius 3 is 2.76 bits per heavy atom. The molecule has 0 aromatic heterocycles. The van der Waals surface area contributed by atoms with Crippen LogP contribution >= 0.6 is 0 Å². The molecule has 1 aromatic carbocycles. The summed E-state index contributed by atoms with van der Waals surface area (Å²) in [4.78, 5) is 0. The van der Waals surface area contributed by atoms with E-state index >= 15 is 0 Å². The summed E-state index contributed by atoms with van der Waals surface area (Å²) in [5.74, 6) is 1.64. The molecule has 118 valence electrons. The first-order chi connectivity index (χ1) is 10.3. The molecule has 1 atom stereocenters. The Hall–Kier alpha value is -1.30. The second kappa shape index (κ2) is 8.87. The maximum atomic E-state index is 5.67. The van der Waals surface area contributed by atoms with Crippen molar-refractivity contribution in [3.8, 4) is 11.5 Å². The summed E-state index contributed by atoms with van der Waals surface area (Å²) >= 11 is 0. The number of nitrogens with one attached hydrogen (secondary N) is 1. The van der Waals surface area contributed by atoms with Crippen molar-refractivity contribution >= 4 is 0 Å². The lowest BCUT2D eigenvalue weighted by atomic mass is 10.1. The SMILES string of the molecule is CCCNC(COCCOC)c1ccc2c(c1)OCCO2. The highest BCUT2D eigenvalue weighted by atomic mass is 16.6. The molecule has 0 fully saturated rings. The fraction of sp³-hybridized carbons (Fsp3) is 0.625. The summed E-state index contributed by atoms with van der Waals surface area (Å²) in [5.41, 5.74) is 1.16. The van der Waals surface area contributed by atoms with Crippen LogP contribution in [-0.4, -0.2) is 46.7 Å². The van der Waals surface area contributed by atoms with Gasteiger partial charge in [0.1, 0.15) is 13.2 Å². The van der Waals surface area contributed by atoms with E-state index in [1.807, 2.05) is 12.1 Å². The second-order valence-electron chi connectivity index (χ2n) is 4.98. The van der Waals surface area contributed by atoms with E-state index in [4.69, 9.17) is 18.9 Å². The molecule has 0 saturated heterocycles. The van der Waals surface area contributed by atoms with Crippen LogP contribution in [0.1, 0.15) is 24.9 Å². The topological polar surface area (TPSA) is 49.0 Å². The first-order valence-corrected chi connectivity index (χ1v) is 7.54. The Balaban J connectivity index is 2.00. The van der Waals surface area contributed by atoms with E-state index in [0.29, 0.717) is 33.0 Å². The summed E-state index contributed by atoms with van der Waals surface area (Å²) in [7, 11) is 1.68. The predicted octanol–water partition coefficient (Wildman–Crippen LogP) is 2.16. The minimum Gasteiger partial charge on any atom is -0.486 e. The Morgan fingerprint density at radius 2 is 2.00 bits per heavy atom. The first kappa shape index (κ1) is 16.1. The highest BCUT2D eigenvalue weighted by Crippen LogP contribution is 2.32. The highest BCUT2D eigenvalue weighted by molar-refractivity contribution is 5.44. The monoisotopic (exact) mass is 295 g/mol. The summed E-state index contributed by atoms with van der Waals surface area (Å²) in [6, 6.07) is 6.24. The van der Waals surface area contributed by atoms with E-state index in [9.17, 15) is 0 Å². The zero-order valence-corrected chi connectivity index (χ0v) is 12.9. The summed E-state index contributed by atoms with van der Waals surface area (Å²) in [5, 5.41) is 3.51. The van der Waals surface area contributed by atoms with Gasteiger partial charge >= 0.3 is 0 Å². The lowest BCUT2D eigenvalue weighted by molar-refractivity contribution is 0.0585. The molecule has 1 N–H and O–H groups in total. The smallest absolute Gasteiger partial charge is 0.161 e. The maximum absolute atomic E-state index is 5.67. The van der Waals surface area contributed by atoms with Gasteiger partial charge in [-0.2, -0.15) is 0 Å². The molecule has 1 aromatic rings. The molecule has 0 amide bonds. The van der Waals surface area contributed by atoms with Gasteiger partial charge in [-0.05, 0) is 30.7 Å². The third-order valence-electron chi connectivity index (χ3n) is 3.33. The van der Waals surface area contributed by atoms with Crippen LogP contribution in [0.3, 0.4) is 0 Å². The molecule has 5 heteroatoms. The zero-order valence-electron chi connectivity index (χ0n) is 12.9. The van der Waals surface area contributed by atoms with Crippen LogP contribution in [0, 0.1) is 0 Å². The van der Waals surface area contributed by atoms with Gasteiger partial charge in [0.25, 0.3) is 0 Å². The van der Waals surface area contributed by atoms with Crippen molar-refractivity contribution in [2.45, 2.75) is 19.4 Å². The van der Waals surface area contributed by atoms with E-state index in [-0.39, 0.29) is 6.04 Å². The number of rotatable bonds is 9. The van der Waals surface area contributed by atoms with E-state index < -0.39 is 0 Å². The molecular weight excluding hydrogens is 270 g/mol. The Bertz CT molecular complexity index is 425. The average molecular weight is 295 g/mol. The fourth-order valence-corrected chi connectivity index (χ4v) is 2.21. The molecule has 0 spiro atoms. The molecule has 21 heavy (non-hydrogen) atoms. The highest BCUT2D eigenvalue weighted by Gasteiger charge is 2.16. The molecule has 0 bridgehead atoms. The third-order valence-corrected chi connectivity index (χ3v) is 3.33. The lowest BCUT2D eigenvalue weighted by Crippen LogP contribution is -2.27. The molecule has 5 nitrogen and oxygen atoms in total. The Kier molecular flexibility index (Phi) is 6.79. The molecule has 2 rings (SSSR count). The second-order valence-corrected chi connectivity index (χ2v) is 4.98. The van der Waals surface area contributed by atoms with E-state index in [0.717, 1.165) is 30.0 Å². The van der Waals surface area contributed by atoms with Gasteiger partial charge in [-0.1, -0.05) is 13.0 Å². The van der Waals surface area contributed by atoms with Crippen LogP contribution in [0.4, 0.5) is 0 Å². The van der Waals surface area contributed by atoms with Gasteiger partial charge in [-0.25, -0.2) is 0 Å². The first-order valence-electron chi connectivity index (χ1n) is 7.54. The van der Waals surface area contributed by atoms with Crippen molar-refractivity contribution in [2.24, 2.45) is 0 Å². The zero-order chi connectivity index (χ0) is 14.9. The van der Waals surface area contributed by atoms with Gasteiger partial charge < -0.3 is 24.3 Å². The molecule has 0 aliphatic carbocycles. The van der Waals surface area contributed by atoms with Crippen LogP contribution < -0.4 is 14.8 Å². The van der Waals surface area contributed by atoms with Crippen molar-refractivity contribution < 1.29 is 18.9 Å². The van der Waals surface area contributed by atoms with Crippen molar-refractivity contribution in [3.05, 3.63) is 23.8 Å². The van der Waals surface area contributed by atoms with Gasteiger partial charge in [0.15, 0.2) is 11.5 Å². The summed E-state index contributed by atoms with van der Waals surface area (Å²) < 4.78 is 21.9.